The summed E-state index contributed by atoms with van der Waals surface area (Å²) in [5, 5.41) is 0. The van der Waals surface area contributed by atoms with E-state index in [1.807, 2.05) is 0 Å². The van der Waals surface area contributed by atoms with Gasteiger partial charge >= 0.3 is 122 Å². The zero-order valence-corrected chi connectivity index (χ0v) is 16.2. The first kappa shape index (κ1) is 18.9. The Morgan fingerprint density at radius 3 is 1.33 bits per heavy atom. The van der Waals surface area contributed by atoms with Crippen molar-refractivity contribution in [2.75, 3.05) is 24.3 Å². The molecule has 18 heavy (non-hydrogen) atoms. The first-order valence-electron chi connectivity index (χ1n) is 8.08. The Labute approximate surface area is 122 Å². The van der Waals surface area contributed by atoms with Crippen LogP contribution in [0.25, 0.3) is 0 Å². The Morgan fingerprint density at radius 2 is 1.11 bits per heavy atom. The Kier molecular flexibility index (Phi) is 10.3. The summed E-state index contributed by atoms with van der Waals surface area (Å²) in [5.41, 5.74) is 0. The molecule has 0 unspecified atom stereocenters. The van der Waals surface area contributed by atoms with Gasteiger partial charge in [-0.3, -0.25) is 0 Å². The van der Waals surface area contributed by atoms with Crippen molar-refractivity contribution in [2.45, 2.75) is 72.4 Å². The maximum atomic E-state index is 6.73. The molecule has 0 saturated carbocycles. The molecule has 0 N–H and O–H groups in total. The molecule has 0 rings (SSSR count). The zero-order chi connectivity index (χ0) is 14.1. The normalized spacial score (nSPS) is 13.9. The van der Waals surface area contributed by atoms with Gasteiger partial charge in [0.05, 0.1) is 0 Å². The third kappa shape index (κ3) is 8.94. The van der Waals surface area contributed by atoms with Crippen molar-refractivity contribution in [1.29, 1.82) is 0 Å². The summed E-state index contributed by atoms with van der Waals surface area (Å²) in [6, 6.07) is 0. The van der Waals surface area contributed by atoms with Crippen LogP contribution >= 0.6 is 18.3 Å². The summed E-state index contributed by atoms with van der Waals surface area (Å²) in [5.74, 6) is 1.46. The molecule has 0 aromatic rings. The van der Waals surface area contributed by atoms with Gasteiger partial charge in [-0.2, -0.15) is 0 Å². The quantitative estimate of drug-likeness (QED) is 0.245. The van der Waals surface area contributed by atoms with Gasteiger partial charge in [-0.05, 0) is 0 Å². The van der Waals surface area contributed by atoms with E-state index in [-0.39, 0.29) is 0 Å². The van der Waals surface area contributed by atoms with Gasteiger partial charge in [0, 0.05) is 0 Å². The van der Waals surface area contributed by atoms with Gasteiger partial charge in [0.15, 0.2) is 0 Å². The van der Waals surface area contributed by atoms with Gasteiger partial charge in [-0.25, -0.2) is 0 Å². The average molecular weight is 311 g/mol. The second-order valence-electron chi connectivity index (χ2n) is 6.71. The van der Waals surface area contributed by atoms with Crippen molar-refractivity contribution < 1.29 is 0 Å². The maximum absolute atomic E-state index is 6.73. The molecule has 0 aromatic carbocycles. The summed E-state index contributed by atoms with van der Waals surface area (Å²) in [6.45, 7) is 11.7. The molecule has 0 atom stereocenters. The predicted octanol–water partition coefficient (Wildman–Crippen LogP) is 6.12. The Balaban J connectivity index is 4.73. The molecule has 0 fully saturated rings. The second-order valence-corrected chi connectivity index (χ2v) is 19.1. The van der Waals surface area contributed by atoms with E-state index in [0.717, 1.165) is 0 Å². The number of hydrogen-bond donors (Lipinski definition) is 0. The van der Waals surface area contributed by atoms with Gasteiger partial charge in [0.25, 0.3) is 0 Å². The number of unbranched alkanes of at least 4 members (excludes halogenated alkanes) is 3. The summed E-state index contributed by atoms with van der Waals surface area (Å²) in [7, 11) is -2.47. The summed E-state index contributed by atoms with van der Waals surface area (Å²) < 4.78 is 0. The molecular weight excluding hydrogens is 275 g/mol. The van der Waals surface area contributed by atoms with Crippen LogP contribution < -0.4 is 0 Å². The fourth-order valence-corrected chi connectivity index (χ4v) is 19.1. The van der Waals surface area contributed by atoms with Gasteiger partial charge < -0.3 is 0 Å². The van der Waals surface area contributed by atoms with Crippen LogP contribution in [0, 0.1) is 0 Å². The monoisotopic (exact) mass is 310 g/mol. The fraction of sp³-hybridized carbons (Fsp3) is 1.00. The minimum absolute atomic E-state index is 1.06. The van der Waals surface area contributed by atoms with E-state index in [2.05, 4.69) is 33.9 Å². The molecule has 0 bridgehead atoms. The molecule has 0 aromatic heterocycles. The Morgan fingerprint density at radius 1 is 0.778 bits per heavy atom. The van der Waals surface area contributed by atoms with Crippen molar-refractivity contribution in [3.8, 4) is 0 Å². The molecule has 0 spiro atoms. The van der Waals surface area contributed by atoms with E-state index in [1.165, 1.54) is 44.3 Å². The molecule has 0 aliphatic rings. The van der Waals surface area contributed by atoms with Crippen molar-refractivity contribution in [2.24, 2.45) is 0 Å². The predicted molar refractivity (Wildman–Crippen MR) is 95.8 cm³/mol. The topological polar surface area (TPSA) is 0 Å². The van der Waals surface area contributed by atoms with Crippen LogP contribution in [0.2, 0.25) is 13.1 Å². The number of halogens is 1. The molecule has 0 saturated heterocycles. The molecule has 0 heterocycles. The third-order valence-electron chi connectivity index (χ3n) is 3.98. The van der Waals surface area contributed by atoms with Crippen molar-refractivity contribution in [3.63, 3.8) is 0 Å². The van der Waals surface area contributed by atoms with E-state index >= 15 is 0 Å². The van der Waals surface area contributed by atoms with Gasteiger partial charge in [-0.1, -0.05) is 0 Å². The average Bonchev–Trinajstić information content (AvgIpc) is 2.29. The van der Waals surface area contributed by atoms with Crippen LogP contribution in [0.4, 0.5) is 0 Å². The van der Waals surface area contributed by atoms with E-state index in [1.54, 1.807) is 18.5 Å². The first-order chi connectivity index (χ1) is 8.39. The number of hydrogen-bond acceptors (Lipinski definition) is 0. The van der Waals surface area contributed by atoms with E-state index in [9.17, 15) is 0 Å². The third-order valence-corrected chi connectivity index (χ3v) is 15.8. The van der Waals surface area contributed by atoms with E-state index < -0.39 is 14.6 Å². The summed E-state index contributed by atoms with van der Waals surface area (Å²) in [6.07, 6.45) is 13.1. The molecular formula is C15H36ClPSi. The molecule has 0 amide bonds. The SMILES string of the molecule is CCCC[PH](CCCC)(CCCC)C[Si](C)(C)Cl. The molecule has 0 nitrogen and oxygen atoms in total. The molecule has 0 radical (unpaired) electrons. The molecule has 3 heteroatoms. The van der Waals surface area contributed by atoms with Crippen LogP contribution in [-0.2, 0) is 0 Å². The van der Waals surface area contributed by atoms with Crippen LogP contribution in [0.1, 0.15) is 59.3 Å². The second kappa shape index (κ2) is 9.78. The van der Waals surface area contributed by atoms with Gasteiger partial charge in [0.2, 0.25) is 0 Å². The Hall–Kier alpha value is 0.937. The van der Waals surface area contributed by atoms with Crippen LogP contribution in [0.15, 0.2) is 0 Å². The van der Waals surface area contributed by atoms with Crippen molar-refractivity contribution in [3.05, 3.63) is 0 Å². The van der Waals surface area contributed by atoms with Crippen LogP contribution in [0.3, 0.4) is 0 Å². The van der Waals surface area contributed by atoms with Crippen molar-refractivity contribution >= 4 is 25.7 Å². The van der Waals surface area contributed by atoms with E-state index in [0.29, 0.717) is 0 Å². The molecule has 0 aliphatic carbocycles. The Bertz CT molecular complexity index is 179. The zero-order valence-electron chi connectivity index (χ0n) is 13.4. The fourth-order valence-electron chi connectivity index (χ4n) is 3.19. The van der Waals surface area contributed by atoms with Crippen LogP contribution in [-0.4, -0.2) is 31.7 Å². The van der Waals surface area contributed by atoms with Crippen LogP contribution in [0.5, 0.6) is 0 Å². The molecule has 0 aliphatic heterocycles. The number of rotatable bonds is 11. The summed E-state index contributed by atoms with van der Waals surface area (Å²) in [4.78, 5) is 0. The van der Waals surface area contributed by atoms with E-state index in [4.69, 9.17) is 11.1 Å². The van der Waals surface area contributed by atoms with Crippen molar-refractivity contribution in [1.82, 2.24) is 0 Å². The molecule has 112 valence electrons. The van der Waals surface area contributed by atoms with Gasteiger partial charge in [0.1, 0.15) is 0 Å². The minimum atomic E-state index is -1.41. The van der Waals surface area contributed by atoms with Gasteiger partial charge in [-0.15, -0.1) is 0 Å². The summed E-state index contributed by atoms with van der Waals surface area (Å²) >= 11 is 6.73. The standard InChI is InChI=1S/C15H36ClPSi/c1-6-9-12-17(13-10-7-2,14-11-8-3)15-18(4,5)16/h17H,6-15H2,1-5H3. The first-order valence-corrected chi connectivity index (χ1v) is 15.1.